The quantitative estimate of drug-likeness (QED) is 0.662. The predicted octanol–water partition coefficient (Wildman–Crippen LogP) is 1.27. The first-order chi connectivity index (χ1) is 9.29. The van der Waals surface area contributed by atoms with E-state index >= 15 is 0 Å². The van der Waals surface area contributed by atoms with Gasteiger partial charge in [0.25, 0.3) is 0 Å². The summed E-state index contributed by atoms with van der Waals surface area (Å²) in [5.74, 6) is -0.491. The molecular formula is C10H8F3N5OS. The van der Waals surface area contributed by atoms with Gasteiger partial charge in [0.2, 0.25) is 5.95 Å². The molecule has 0 aliphatic heterocycles. The Labute approximate surface area is 114 Å². The topological polar surface area (TPSA) is 101 Å². The van der Waals surface area contributed by atoms with Gasteiger partial charge in [-0.25, -0.2) is 9.97 Å². The SMILES string of the molecule is C[S+]([O-])c1nccc(-c2cnc(N)nc2C(F)(F)F)n1. The minimum absolute atomic E-state index is 0.0717. The van der Waals surface area contributed by atoms with Crippen LogP contribution in [0.3, 0.4) is 0 Å². The first kappa shape index (κ1) is 14.5. The normalized spacial score (nSPS) is 13.2. The van der Waals surface area contributed by atoms with Crippen molar-refractivity contribution in [1.29, 1.82) is 0 Å². The monoisotopic (exact) mass is 303 g/mol. The van der Waals surface area contributed by atoms with E-state index in [2.05, 4.69) is 19.9 Å². The zero-order chi connectivity index (χ0) is 14.9. The molecule has 20 heavy (non-hydrogen) atoms. The molecule has 0 saturated carbocycles. The zero-order valence-corrected chi connectivity index (χ0v) is 10.9. The van der Waals surface area contributed by atoms with Crippen molar-refractivity contribution in [3.63, 3.8) is 0 Å². The van der Waals surface area contributed by atoms with Crippen molar-refractivity contribution in [2.75, 3.05) is 12.0 Å². The Kier molecular flexibility index (Phi) is 3.77. The second kappa shape index (κ2) is 5.21. The van der Waals surface area contributed by atoms with Gasteiger partial charge in [0, 0.05) is 29.1 Å². The fourth-order valence-corrected chi connectivity index (χ4v) is 1.86. The Hall–Kier alpha value is -1.94. The molecule has 10 heteroatoms. The highest BCUT2D eigenvalue weighted by atomic mass is 32.2. The number of hydrogen-bond acceptors (Lipinski definition) is 6. The largest absolute Gasteiger partial charge is 0.609 e. The molecule has 0 radical (unpaired) electrons. The number of hydrogen-bond donors (Lipinski definition) is 1. The minimum atomic E-state index is -4.71. The van der Waals surface area contributed by atoms with E-state index in [4.69, 9.17) is 5.73 Å². The van der Waals surface area contributed by atoms with Crippen LogP contribution in [-0.2, 0) is 17.4 Å². The molecule has 0 saturated heterocycles. The summed E-state index contributed by atoms with van der Waals surface area (Å²) >= 11 is -1.51. The third kappa shape index (κ3) is 2.96. The molecule has 106 valence electrons. The Morgan fingerprint density at radius 3 is 2.55 bits per heavy atom. The van der Waals surface area contributed by atoms with E-state index in [1.54, 1.807) is 0 Å². The van der Waals surface area contributed by atoms with Crippen molar-refractivity contribution in [2.24, 2.45) is 0 Å². The van der Waals surface area contributed by atoms with Gasteiger partial charge in [-0.05, 0) is 6.07 Å². The number of alkyl halides is 3. The Balaban J connectivity index is 2.61. The Bertz CT molecular complexity index is 635. The maximum atomic E-state index is 12.9. The van der Waals surface area contributed by atoms with Crippen LogP contribution in [-0.4, -0.2) is 30.7 Å². The van der Waals surface area contributed by atoms with E-state index in [0.29, 0.717) is 0 Å². The molecule has 2 N–H and O–H groups in total. The summed E-state index contributed by atoms with van der Waals surface area (Å²) in [5.41, 5.74) is 3.56. The zero-order valence-electron chi connectivity index (χ0n) is 10.0. The third-order valence-electron chi connectivity index (χ3n) is 2.24. The number of nitrogens with zero attached hydrogens (tertiary/aromatic N) is 4. The molecule has 0 amide bonds. The van der Waals surface area contributed by atoms with Crippen LogP contribution in [0.4, 0.5) is 19.1 Å². The highest BCUT2D eigenvalue weighted by Crippen LogP contribution is 2.34. The summed E-state index contributed by atoms with van der Waals surface area (Å²) in [6.45, 7) is 0. The number of halogens is 3. The fraction of sp³-hybridized carbons (Fsp3) is 0.200. The van der Waals surface area contributed by atoms with Gasteiger partial charge in [-0.2, -0.15) is 23.1 Å². The van der Waals surface area contributed by atoms with Crippen molar-refractivity contribution in [1.82, 2.24) is 19.9 Å². The molecular weight excluding hydrogens is 295 g/mol. The van der Waals surface area contributed by atoms with Crippen LogP contribution in [0.2, 0.25) is 0 Å². The van der Waals surface area contributed by atoms with Crippen LogP contribution in [0.25, 0.3) is 11.3 Å². The molecule has 2 rings (SSSR count). The molecule has 2 aromatic rings. The van der Waals surface area contributed by atoms with Gasteiger partial charge in [-0.1, -0.05) is 0 Å². The lowest BCUT2D eigenvalue weighted by molar-refractivity contribution is -0.140. The minimum Gasteiger partial charge on any atom is -0.609 e. The fourth-order valence-electron chi connectivity index (χ4n) is 1.43. The van der Waals surface area contributed by atoms with E-state index < -0.39 is 29.0 Å². The highest BCUT2D eigenvalue weighted by molar-refractivity contribution is 7.90. The van der Waals surface area contributed by atoms with E-state index in [0.717, 1.165) is 6.20 Å². The Morgan fingerprint density at radius 1 is 1.25 bits per heavy atom. The smallest absolute Gasteiger partial charge is 0.434 e. The highest BCUT2D eigenvalue weighted by Gasteiger charge is 2.37. The molecule has 1 unspecified atom stereocenters. The summed E-state index contributed by atoms with van der Waals surface area (Å²) in [6, 6.07) is 1.25. The standard InChI is InChI=1S/C10H8F3N5OS/c1-20(19)9-15-3-2-6(17-9)5-4-16-8(14)18-7(5)10(11,12)13/h2-4H,1H3,(H2,14,16,18). The van der Waals surface area contributed by atoms with E-state index in [1.165, 1.54) is 18.5 Å². The lowest BCUT2D eigenvalue weighted by Crippen LogP contribution is -2.13. The molecule has 0 aliphatic rings. The number of nitrogens with two attached hydrogens (primary N) is 1. The molecule has 6 nitrogen and oxygen atoms in total. The summed E-state index contributed by atoms with van der Waals surface area (Å²) in [4.78, 5) is 14.3. The lowest BCUT2D eigenvalue weighted by Gasteiger charge is -2.11. The van der Waals surface area contributed by atoms with Crippen LogP contribution in [0, 0.1) is 0 Å². The maximum Gasteiger partial charge on any atom is 0.434 e. The second-order valence-electron chi connectivity index (χ2n) is 3.67. The first-order valence-electron chi connectivity index (χ1n) is 5.15. The van der Waals surface area contributed by atoms with Crippen LogP contribution < -0.4 is 5.73 Å². The predicted molar refractivity (Wildman–Crippen MR) is 64.8 cm³/mol. The number of nitrogen functional groups attached to an aromatic ring is 1. The summed E-state index contributed by atoms with van der Waals surface area (Å²) in [5, 5.41) is -0.0764. The van der Waals surface area contributed by atoms with Crippen molar-refractivity contribution >= 4 is 17.1 Å². The second-order valence-corrected chi connectivity index (χ2v) is 4.94. The first-order valence-corrected chi connectivity index (χ1v) is 6.71. The van der Waals surface area contributed by atoms with E-state index in [-0.39, 0.29) is 16.4 Å². The number of anilines is 1. The van der Waals surface area contributed by atoms with Crippen LogP contribution in [0.15, 0.2) is 23.6 Å². The molecule has 0 aromatic carbocycles. The maximum absolute atomic E-state index is 12.9. The number of aromatic nitrogens is 4. The van der Waals surface area contributed by atoms with Gasteiger partial charge in [0.1, 0.15) is 6.26 Å². The average molecular weight is 303 g/mol. The molecule has 1 atom stereocenters. The van der Waals surface area contributed by atoms with Crippen molar-refractivity contribution < 1.29 is 17.7 Å². The van der Waals surface area contributed by atoms with Gasteiger partial charge >= 0.3 is 11.3 Å². The van der Waals surface area contributed by atoms with Gasteiger partial charge in [-0.3, -0.25) is 0 Å². The molecule has 0 bridgehead atoms. The van der Waals surface area contributed by atoms with Gasteiger partial charge in [-0.15, -0.1) is 0 Å². The molecule has 0 fully saturated rings. The molecule has 0 aliphatic carbocycles. The summed E-state index contributed by atoms with van der Waals surface area (Å²) in [6.07, 6.45) is -1.24. The van der Waals surface area contributed by atoms with E-state index in [9.17, 15) is 17.7 Å². The Morgan fingerprint density at radius 2 is 1.95 bits per heavy atom. The summed E-state index contributed by atoms with van der Waals surface area (Å²) < 4.78 is 50.0. The average Bonchev–Trinajstić information content (AvgIpc) is 2.37. The van der Waals surface area contributed by atoms with Gasteiger partial charge in [0.15, 0.2) is 5.69 Å². The van der Waals surface area contributed by atoms with E-state index in [1.807, 2.05) is 0 Å². The van der Waals surface area contributed by atoms with Crippen molar-refractivity contribution in [2.45, 2.75) is 11.3 Å². The third-order valence-corrected chi connectivity index (χ3v) is 2.95. The van der Waals surface area contributed by atoms with Crippen LogP contribution in [0.1, 0.15) is 5.69 Å². The summed E-state index contributed by atoms with van der Waals surface area (Å²) in [7, 11) is 0. The van der Waals surface area contributed by atoms with Crippen molar-refractivity contribution in [3.8, 4) is 11.3 Å². The van der Waals surface area contributed by atoms with Crippen molar-refractivity contribution in [3.05, 3.63) is 24.2 Å². The van der Waals surface area contributed by atoms with Crippen LogP contribution >= 0.6 is 0 Å². The number of rotatable bonds is 2. The molecule has 2 heterocycles. The van der Waals surface area contributed by atoms with Gasteiger partial charge < -0.3 is 10.3 Å². The molecule has 2 aromatic heterocycles. The van der Waals surface area contributed by atoms with Crippen LogP contribution in [0.5, 0.6) is 0 Å². The van der Waals surface area contributed by atoms with Gasteiger partial charge in [0.05, 0.1) is 5.69 Å². The lowest BCUT2D eigenvalue weighted by atomic mass is 10.1. The molecule has 0 spiro atoms.